The lowest BCUT2D eigenvalue weighted by Gasteiger charge is -2.05. The SMILES string of the molecule is Cc1occc1-c1nc(C(C)C)c(CNC2CC2)s1. The molecule has 1 aliphatic carbocycles. The van der Waals surface area contributed by atoms with Crippen molar-refractivity contribution in [3.63, 3.8) is 0 Å². The normalized spacial score (nSPS) is 15.4. The van der Waals surface area contributed by atoms with Crippen LogP contribution in [-0.4, -0.2) is 11.0 Å². The van der Waals surface area contributed by atoms with Gasteiger partial charge < -0.3 is 9.73 Å². The molecule has 0 amide bonds. The van der Waals surface area contributed by atoms with Gasteiger partial charge in [0.15, 0.2) is 0 Å². The third kappa shape index (κ3) is 2.74. The van der Waals surface area contributed by atoms with E-state index < -0.39 is 0 Å². The average Bonchev–Trinajstić information content (AvgIpc) is 2.94. The summed E-state index contributed by atoms with van der Waals surface area (Å²) in [4.78, 5) is 6.20. The molecule has 0 unspecified atom stereocenters. The van der Waals surface area contributed by atoms with Gasteiger partial charge in [-0.25, -0.2) is 4.98 Å². The molecule has 1 fully saturated rings. The Bertz CT molecular complexity index is 566. The minimum Gasteiger partial charge on any atom is -0.469 e. The molecule has 3 rings (SSSR count). The van der Waals surface area contributed by atoms with Gasteiger partial charge in [-0.3, -0.25) is 0 Å². The van der Waals surface area contributed by atoms with E-state index in [4.69, 9.17) is 9.40 Å². The minimum absolute atomic E-state index is 0.466. The number of aromatic nitrogens is 1. The first-order chi connectivity index (χ1) is 9.15. The maximum atomic E-state index is 5.39. The summed E-state index contributed by atoms with van der Waals surface area (Å²) in [6, 6.07) is 2.75. The van der Waals surface area contributed by atoms with Crippen molar-refractivity contribution in [1.29, 1.82) is 0 Å². The number of nitrogens with zero attached hydrogens (tertiary/aromatic N) is 1. The second kappa shape index (κ2) is 5.10. The smallest absolute Gasteiger partial charge is 0.127 e. The summed E-state index contributed by atoms with van der Waals surface area (Å²) in [6.07, 6.45) is 4.39. The standard InChI is InChI=1S/C15H20N2OS/c1-9(2)14-13(8-16-11-4-5-11)19-15(17-14)12-6-7-18-10(12)3/h6-7,9,11,16H,4-5,8H2,1-3H3. The van der Waals surface area contributed by atoms with Gasteiger partial charge in [0, 0.05) is 17.5 Å². The fourth-order valence-electron chi connectivity index (χ4n) is 2.19. The number of rotatable bonds is 5. The molecule has 1 aliphatic rings. The molecule has 0 spiro atoms. The zero-order chi connectivity index (χ0) is 13.4. The Hall–Kier alpha value is -1.13. The van der Waals surface area contributed by atoms with Gasteiger partial charge in [-0.05, 0) is 31.7 Å². The second-order valence-corrected chi connectivity index (χ2v) is 6.61. The van der Waals surface area contributed by atoms with Gasteiger partial charge >= 0.3 is 0 Å². The van der Waals surface area contributed by atoms with Crippen molar-refractivity contribution in [2.45, 2.75) is 52.1 Å². The molecule has 0 aliphatic heterocycles. The highest BCUT2D eigenvalue weighted by molar-refractivity contribution is 7.15. The van der Waals surface area contributed by atoms with Gasteiger partial charge in [0.05, 0.1) is 17.5 Å². The van der Waals surface area contributed by atoms with E-state index in [-0.39, 0.29) is 0 Å². The third-order valence-corrected chi connectivity index (χ3v) is 4.60. The number of nitrogens with one attached hydrogen (secondary N) is 1. The summed E-state index contributed by atoms with van der Waals surface area (Å²) >= 11 is 1.80. The van der Waals surface area contributed by atoms with E-state index in [0.29, 0.717) is 5.92 Å². The van der Waals surface area contributed by atoms with Crippen LogP contribution < -0.4 is 5.32 Å². The topological polar surface area (TPSA) is 38.1 Å². The molecule has 0 aromatic carbocycles. The summed E-state index contributed by atoms with van der Waals surface area (Å²) in [5.74, 6) is 1.42. The molecular weight excluding hydrogens is 256 g/mol. The maximum Gasteiger partial charge on any atom is 0.127 e. The van der Waals surface area contributed by atoms with Gasteiger partial charge in [-0.15, -0.1) is 11.3 Å². The Kier molecular flexibility index (Phi) is 3.46. The quantitative estimate of drug-likeness (QED) is 0.894. The Morgan fingerprint density at radius 1 is 1.47 bits per heavy atom. The van der Waals surface area contributed by atoms with E-state index >= 15 is 0 Å². The zero-order valence-corrected chi connectivity index (χ0v) is 12.5. The van der Waals surface area contributed by atoms with Crippen LogP contribution in [0, 0.1) is 6.92 Å². The lowest BCUT2D eigenvalue weighted by Crippen LogP contribution is -2.15. The van der Waals surface area contributed by atoms with Gasteiger partial charge in [0.25, 0.3) is 0 Å². The van der Waals surface area contributed by atoms with Crippen LogP contribution in [0.3, 0.4) is 0 Å². The average molecular weight is 276 g/mol. The number of furan rings is 1. The first-order valence-electron chi connectivity index (χ1n) is 6.92. The van der Waals surface area contributed by atoms with E-state index in [1.165, 1.54) is 23.4 Å². The predicted molar refractivity (Wildman–Crippen MR) is 78.5 cm³/mol. The molecule has 0 saturated heterocycles. The molecular formula is C15H20N2OS. The van der Waals surface area contributed by atoms with Gasteiger partial charge in [0.1, 0.15) is 10.8 Å². The molecule has 0 atom stereocenters. The largest absolute Gasteiger partial charge is 0.469 e. The van der Waals surface area contributed by atoms with Crippen LogP contribution in [0.1, 0.15) is 48.9 Å². The van der Waals surface area contributed by atoms with Crippen LogP contribution >= 0.6 is 11.3 Å². The monoisotopic (exact) mass is 276 g/mol. The highest BCUT2D eigenvalue weighted by atomic mass is 32.1. The molecule has 1 saturated carbocycles. The fraction of sp³-hybridized carbons (Fsp3) is 0.533. The van der Waals surface area contributed by atoms with Crippen molar-refractivity contribution in [2.75, 3.05) is 0 Å². The molecule has 2 aromatic heterocycles. The summed E-state index contributed by atoms with van der Waals surface area (Å²) in [6.45, 7) is 7.37. The molecule has 1 N–H and O–H groups in total. The third-order valence-electron chi connectivity index (χ3n) is 3.49. The summed E-state index contributed by atoms with van der Waals surface area (Å²) in [5, 5.41) is 4.67. The van der Waals surface area contributed by atoms with Crippen molar-refractivity contribution in [3.05, 3.63) is 28.7 Å². The summed E-state index contributed by atoms with van der Waals surface area (Å²) < 4.78 is 5.39. The van der Waals surface area contributed by atoms with Crippen molar-refractivity contribution in [2.24, 2.45) is 0 Å². The van der Waals surface area contributed by atoms with Gasteiger partial charge in [-0.2, -0.15) is 0 Å². The lowest BCUT2D eigenvalue weighted by atomic mass is 10.1. The maximum absolute atomic E-state index is 5.39. The fourth-order valence-corrected chi connectivity index (χ4v) is 3.43. The van der Waals surface area contributed by atoms with E-state index in [0.717, 1.165) is 28.9 Å². The first-order valence-corrected chi connectivity index (χ1v) is 7.74. The van der Waals surface area contributed by atoms with Crippen LogP contribution in [0.4, 0.5) is 0 Å². The van der Waals surface area contributed by atoms with Crippen molar-refractivity contribution in [3.8, 4) is 10.6 Å². The Morgan fingerprint density at radius 2 is 2.26 bits per heavy atom. The number of aryl methyl sites for hydroxylation is 1. The summed E-state index contributed by atoms with van der Waals surface area (Å²) in [5.41, 5.74) is 2.36. The number of hydrogen-bond acceptors (Lipinski definition) is 4. The van der Waals surface area contributed by atoms with Crippen molar-refractivity contribution in [1.82, 2.24) is 10.3 Å². The first kappa shape index (κ1) is 12.9. The lowest BCUT2D eigenvalue weighted by molar-refractivity contribution is 0.535. The number of hydrogen-bond donors (Lipinski definition) is 1. The molecule has 0 radical (unpaired) electrons. The highest BCUT2D eigenvalue weighted by Crippen LogP contribution is 2.34. The van der Waals surface area contributed by atoms with Gasteiger partial charge in [-0.1, -0.05) is 13.8 Å². The van der Waals surface area contributed by atoms with Crippen molar-refractivity contribution < 1.29 is 4.42 Å². The molecule has 3 nitrogen and oxygen atoms in total. The molecule has 4 heteroatoms. The predicted octanol–water partition coefficient (Wildman–Crippen LogP) is 4.09. The molecule has 2 heterocycles. The van der Waals surface area contributed by atoms with E-state index in [1.54, 1.807) is 17.6 Å². The van der Waals surface area contributed by atoms with Crippen molar-refractivity contribution >= 4 is 11.3 Å². The second-order valence-electron chi connectivity index (χ2n) is 5.53. The van der Waals surface area contributed by atoms with Crippen LogP contribution in [0.5, 0.6) is 0 Å². The van der Waals surface area contributed by atoms with Crippen LogP contribution in [-0.2, 0) is 6.54 Å². The number of thiazole rings is 1. The molecule has 2 aromatic rings. The van der Waals surface area contributed by atoms with Gasteiger partial charge in [0.2, 0.25) is 0 Å². The summed E-state index contributed by atoms with van der Waals surface area (Å²) in [7, 11) is 0. The Morgan fingerprint density at radius 3 is 2.84 bits per heavy atom. The zero-order valence-electron chi connectivity index (χ0n) is 11.7. The van der Waals surface area contributed by atoms with E-state index in [1.807, 2.05) is 13.0 Å². The van der Waals surface area contributed by atoms with E-state index in [9.17, 15) is 0 Å². The molecule has 19 heavy (non-hydrogen) atoms. The Balaban J connectivity index is 1.89. The molecule has 102 valence electrons. The van der Waals surface area contributed by atoms with Crippen LogP contribution in [0.2, 0.25) is 0 Å². The van der Waals surface area contributed by atoms with Crippen LogP contribution in [0.25, 0.3) is 10.6 Å². The van der Waals surface area contributed by atoms with Crippen LogP contribution in [0.15, 0.2) is 16.7 Å². The molecule has 0 bridgehead atoms. The minimum atomic E-state index is 0.466. The highest BCUT2D eigenvalue weighted by Gasteiger charge is 2.22. The van der Waals surface area contributed by atoms with E-state index in [2.05, 4.69) is 19.2 Å². The Labute approximate surface area is 118 Å².